The number of nitrogens with zero attached hydrogens (tertiary/aromatic N) is 2. The number of fused-ring (bicyclic) bond motifs is 1. The van der Waals surface area contributed by atoms with Crippen molar-refractivity contribution in [3.05, 3.63) is 53.1 Å². The van der Waals surface area contributed by atoms with Gasteiger partial charge in [-0.1, -0.05) is 35.1 Å². The molecule has 122 valence electrons. The molecule has 0 unspecified atom stereocenters. The van der Waals surface area contributed by atoms with Crippen LogP contribution in [-0.4, -0.2) is 16.6 Å². The fraction of sp³-hybridized carbons (Fsp3) is 0.118. The second-order valence-corrected chi connectivity index (χ2v) is 6.74. The van der Waals surface area contributed by atoms with E-state index in [1.54, 1.807) is 24.3 Å². The summed E-state index contributed by atoms with van der Waals surface area (Å²) in [6, 6.07) is 12.5. The van der Waals surface area contributed by atoms with Gasteiger partial charge in [0.15, 0.2) is 0 Å². The number of anilines is 2. The van der Waals surface area contributed by atoms with E-state index in [-0.39, 0.29) is 5.91 Å². The molecule has 1 heterocycles. The quantitative estimate of drug-likeness (QED) is 0.509. The van der Waals surface area contributed by atoms with Crippen LogP contribution in [-0.2, 0) is 0 Å². The molecule has 5 nitrogen and oxygen atoms in total. The van der Waals surface area contributed by atoms with Crippen molar-refractivity contribution in [2.45, 2.75) is 13.8 Å². The number of halogens is 1. The molecule has 24 heavy (non-hydrogen) atoms. The molecule has 0 atom stereocenters. The molecule has 0 saturated heterocycles. The van der Waals surface area contributed by atoms with Gasteiger partial charge >= 0.3 is 0 Å². The lowest BCUT2D eigenvalue weighted by Crippen LogP contribution is -2.12. The maximum atomic E-state index is 12.3. The molecule has 7 heteroatoms. The van der Waals surface area contributed by atoms with E-state index in [1.165, 1.54) is 11.3 Å². The van der Waals surface area contributed by atoms with Crippen LogP contribution in [0.15, 0.2) is 47.6 Å². The summed E-state index contributed by atoms with van der Waals surface area (Å²) in [4.78, 5) is 16.8. The van der Waals surface area contributed by atoms with Crippen LogP contribution in [0.1, 0.15) is 24.2 Å². The highest BCUT2D eigenvalue weighted by Gasteiger charge is 2.11. The molecule has 2 N–H and O–H groups in total. The normalized spacial score (nSPS) is 10.5. The van der Waals surface area contributed by atoms with E-state index in [9.17, 15) is 4.79 Å². The number of amides is 1. The fourth-order valence-corrected chi connectivity index (χ4v) is 3.07. The topological polar surface area (TPSA) is 66.4 Å². The lowest BCUT2D eigenvalue weighted by Gasteiger charge is -2.06. The molecule has 0 bridgehead atoms. The molecule has 3 rings (SSSR count). The number of carbonyl (C=O) groups is 1. The number of carbonyl (C=O) groups excluding carboxylic acids is 1. The summed E-state index contributed by atoms with van der Waals surface area (Å²) in [6.45, 7) is 3.81. The van der Waals surface area contributed by atoms with E-state index in [4.69, 9.17) is 11.6 Å². The first kappa shape index (κ1) is 16.4. The van der Waals surface area contributed by atoms with Gasteiger partial charge in [-0.3, -0.25) is 10.2 Å². The molecule has 1 aromatic heterocycles. The third-order valence-electron chi connectivity index (χ3n) is 3.14. The van der Waals surface area contributed by atoms with Crippen LogP contribution < -0.4 is 10.7 Å². The van der Waals surface area contributed by atoms with Crippen LogP contribution in [0.2, 0.25) is 5.02 Å². The van der Waals surface area contributed by atoms with E-state index in [0.29, 0.717) is 21.4 Å². The van der Waals surface area contributed by atoms with Gasteiger partial charge in [0.1, 0.15) is 0 Å². The predicted molar refractivity (Wildman–Crippen MR) is 101 cm³/mol. The SMILES string of the molecule is CC(C)=NNc1nc2cc(NC(=O)c3ccccc3Cl)ccc2s1. The number of rotatable bonds is 4. The van der Waals surface area contributed by atoms with Gasteiger partial charge in [-0.05, 0) is 44.2 Å². The molecule has 2 aromatic carbocycles. The van der Waals surface area contributed by atoms with Crippen LogP contribution in [0.4, 0.5) is 10.8 Å². The minimum atomic E-state index is -0.250. The van der Waals surface area contributed by atoms with Gasteiger partial charge in [0, 0.05) is 11.4 Å². The number of nitrogens with one attached hydrogen (secondary N) is 2. The monoisotopic (exact) mass is 358 g/mol. The van der Waals surface area contributed by atoms with Crippen molar-refractivity contribution in [2.24, 2.45) is 5.10 Å². The van der Waals surface area contributed by atoms with Crippen LogP contribution >= 0.6 is 22.9 Å². The van der Waals surface area contributed by atoms with Gasteiger partial charge in [0.05, 0.1) is 20.8 Å². The Hall–Kier alpha value is -2.44. The molecular formula is C17H15ClN4OS. The Kier molecular flexibility index (Phi) is 4.78. The van der Waals surface area contributed by atoms with Crippen molar-refractivity contribution in [1.82, 2.24) is 4.98 Å². The Morgan fingerprint density at radius 3 is 2.75 bits per heavy atom. The Morgan fingerprint density at radius 2 is 2.00 bits per heavy atom. The van der Waals surface area contributed by atoms with Crippen molar-refractivity contribution in [3.63, 3.8) is 0 Å². The largest absolute Gasteiger partial charge is 0.322 e. The van der Waals surface area contributed by atoms with Crippen LogP contribution in [0.5, 0.6) is 0 Å². The smallest absolute Gasteiger partial charge is 0.257 e. The molecule has 0 radical (unpaired) electrons. The van der Waals surface area contributed by atoms with Crippen LogP contribution in [0, 0.1) is 0 Å². The van der Waals surface area contributed by atoms with Crippen molar-refractivity contribution in [2.75, 3.05) is 10.7 Å². The first-order valence-electron chi connectivity index (χ1n) is 7.26. The summed E-state index contributed by atoms with van der Waals surface area (Å²) in [5, 5.41) is 8.11. The zero-order valence-electron chi connectivity index (χ0n) is 13.1. The third kappa shape index (κ3) is 3.72. The highest BCUT2D eigenvalue weighted by molar-refractivity contribution is 7.22. The molecule has 0 saturated carbocycles. The number of hydrazone groups is 1. The van der Waals surface area contributed by atoms with Crippen molar-refractivity contribution in [1.29, 1.82) is 0 Å². The maximum absolute atomic E-state index is 12.3. The predicted octanol–water partition coefficient (Wildman–Crippen LogP) is 5.01. The van der Waals surface area contributed by atoms with Gasteiger partial charge in [0.25, 0.3) is 5.91 Å². The third-order valence-corrected chi connectivity index (χ3v) is 4.41. The number of aromatic nitrogens is 1. The van der Waals surface area contributed by atoms with Crippen LogP contribution in [0.3, 0.4) is 0 Å². The minimum Gasteiger partial charge on any atom is -0.322 e. The molecule has 0 aliphatic carbocycles. The maximum Gasteiger partial charge on any atom is 0.257 e. The molecular weight excluding hydrogens is 344 g/mol. The average Bonchev–Trinajstić information content (AvgIpc) is 2.95. The molecule has 0 spiro atoms. The zero-order valence-corrected chi connectivity index (χ0v) is 14.7. The van der Waals surface area contributed by atoms with E-state index < -0.39 is 0 Å². The lowest BCUT2D eigenvalue weighted by molar-refractivity contribution is 0.102. The van der Waals surface area contributed by atoms with Crippen molar-refractivity contribution >= 4 is 55.6 Å². The van der Waals surface area contributed by atoms with Gasteiger partial charge in [-0.25, -0.2) is 4.98 Å². The van der Waals surface area contributed by atoms with Gasteiger partial charge in [-0.15, -0.1) is 0 Å². The standard InChI is InChI=1S/C17H15ClN4OS/c1-10(2)21-22-17-20-14-9-11(7-8-15(14)24-17)19-16(23)12-5-3-4-6-13(12)18/h3-9H,1-2H3,(H,19,23)(H,20,22). The summed E-state index contributed by atoms with van der Waals surface area (Å²) in [5.41, 5.74) is 5.73. The van der Waals surface area contributed by atoms with Gasteiger partial charge in [0.2, 0.25) is 5.13 Å². The second kappa shape index (κ2) is 6.98. The fourth-order valence-electron chi connectivity index (χ4n) is 2.06. The molecule has 0 aliphatic rings. The van der Waals surface area contributed by atoms with E-state index in [2.05, 4.69) is 20.8 Å². The lowest BCUT2D eigenvalue weighted by atomic mass is 10.2. The second-order valence-electron chi connectivity index (χ2n) is 5.31. The first-order chi connectivity index (χ1) is 11.5. The van der Waals surface area contributed by atoms with E-state index in [0.717, 1.165) is 15.9 Å². The highest BCUT2D eigenvalue weighted by Crippen LogP contribution is 2.28. The summed E-state index contributed by atoms with van der Waals surface area (Å²) in [7, 11) is 0. The molecule has 0 fully saturated rings. The Bertz CT molecular complexity index is 931. The summed E-state index contributed by atoms with van der Waals surface area (Å²) in [5.74, 6) is -0.250. The van der Waals surface area contributed by atoms with Crippen LogP contribution in [0.25, 0.3) is 10.2 Å². The van der Waals surface area contributed by atoms with Gasteiger partial charge < -0.3 is 5.32 Å². The Balaban J connectivity index is 1.82. The average molecular weight is 359 g/mol. The Morgan fingerprint density at radius 1 is 1.21 bits per heavy atom. The Labute approximate surface area is 148 Å². The van der Waals surface area contributed by atoms with Gasteiger partial charge in [-0.2, -0.15) is 5.10 Å². The zero-order chi connectivity index (χ0) is 17.1. The minimum absolute atomic E-state index is 0.250. The molecule has 3 aromatic rings. The number of benzene rings is 2. The van der Waals surface area contributed by atoms with Crippen molar-refractivity contribution in [3.8, 4) is 0 Å². The molecule has 0 aliphatic heterocycles. The number of thiazole rings is 1. The van der Waals surface area contributed by atoms with E-state index in [1.807, 2.05) is 32.0 Å². The van der Waals surface area contributed by atoms with E-state index >= 15 is 0 Å². The summed E-state index contributed by atoms with van der Waals surface area (Å²) < 4.78 is 1.01. The highest BCUT2D eigenvalue weighted by atomic mass is 35.5. The summed E-state index contributed by atoms with van der Waals surface area (Å²) >= 11 is 7.55. The summed E-state index contributed by atoms with van der Waals surface area (Å²) in [6.07, 6.45) is 0. The first-order valence-corrected chi connectivity index (χ1v) is 8.46. The number of hydrogen-bond acceptors (Lipinski definition) is 5. The molecule has 1 amide bonds. The number of hydrogen-bond donors (Lipinski definition) is 2. The van der Waals surface area contributed by atoms with Crippen molar-refractivity contribution < 1.29 is 4.79 Å².